The predicted octanol–water partition coefficient (Wildman–Crippen LogP) is 2.23. The number of aryl methyl sites for hydroxylation is 1. The molecule has 2 heterocycles. The molecule has 0 spiro atoms. The molecule has 3 rings (SSSR count). The number of hydrogen-bond donors (Lipinski definition) is 1. The average Bonchev–Trinajstić information content (AvgIpc) is 3.16. The normalized spacial score (nSPS) is 11.7. The van der Waals surface area contributed by atoms with Crippen LogP contribution in [0.1, 0.15) is 32.0 Å². The molecule has 1 aromatic carbocycles. The zero-order chi connectivity index (χ0) is 17.3. The zero-order valence-electron chi connectivity index (χ0n) is 12.8. The molecule has 0 unspecified atom stereocenters. The van der Waals surface area contributed by atoms with E-state index in [4.69, 9.17) is 13.9 Å². The lowest BCUT2D eigenvalue weighted by Crippen LogP contribution is -2.12. The number of fused-ring (bicyclic) bond motifs is 1. The number of benzene rings is 1. The van der Waals surface area contributed by atoms with Gasteiger partial charge in [0.25, 0.3) is 5.91 Å². The molecular formula is C16H12N2O6. The van der Waals surface area contributed by atoms with Crippen molar-refractivity contribution in [3.63, 3.8) is 0 Å². The Morgan fingerprint density at radius 3 is 2.75 bits per heavy atom. The maximum atomic E-state index is 12.3. The van der Waals surface area contributed by atoms with Gasteiger partial charge in [0.15, 0.2) is 11.5 Å². The molecule has 8 nitrogen and oxygen atoms in total. The number of rotatable bonds is 3. The number of nitrogens with one attached hydrogen (secondary N) is 1. The molecule has 0 bridgehead atoms. The van der Waals surface area contributed by atoms with Gasteiger partial charge in [-0.3, -0.25) is 10.1 Å². The fourth-order valence-corrected chi connectivity index (χ4v) is 2.30. The van der Waals surface area contributed by atoms with Crippen LogP contribution in [0.4, 0.5) is 5.88 Å². The van der Waals surface area contributed by atoms with E-state index in [1.165, 1.54) is 20.1 Å². The summed E-state index contributed by atoms with van der Waals surface area (Å²) in [5.41, 5.74) is 0.186. The minimum absolute atomic E-state index is 0.0130. The van der Waals surface area contributed by atoms with Crippen LogP contribution in [0.15, 0.2) is 22.6 Å². The second-order valence-corrected chi connectivity index (χ2v) is 4.86. The number of carbonyl (C=O) groups is 2. The van der Waals surface area contributed by atoms with Crippen molar-refractivity contribution in [1.82, 2.24) is 0 Å². The molecule has 1 N–H and O–H groups in total. The Balaban J connectivity index is 1.90. The molecule has 1 aromatic heterocycles. The Hall–Kier alpha value is -3.47. The maximum absolute atomic E-state index is 12.3. The van der Waals surface area contributed by atoms with Gasteiger partial charge in [0.2, 0.25) is 12.7 Å². The zero-order valence-corrected chi connectivity index (χ0v) is 12.8. The summed E-state index contributed by atoms with van der Waals surface area (Å²) in [4.78, 5) is 24.1. The first-order valence-electron chi connectivity index (χ1n) is 6.88. The lowest BCUT2D eigenvalue weighted by molar-refractivity contribution is 0.0598. The summed E-state index contributed by atoms with van der Waals surface area (Å²) in [7, 11) is 1.20. The van der Waals surface area contributed by atoms with Gasteiger partial charge in [0, 0.05) is 5.56 Å². The largest absolute Gasteiger partial charge is 0.465 e. The van der Waals surface area contributed by atoms with Gasteiger partial charge in [-0.25, -0.2) is 4.79 Å². The molecule has 24 heavy (non-hydrogen) atoms. The summed E-state index contributed by atoms with van der Waals surface area (Å²) in [6, 6.07) is 6.51. The Morgan fingerprint density at radius 1 is 1.29 bits per heavy atom. The highest BCUT2D eigenvalue weighted by Crippen LogP contribution is 2.33. The molecule has 0 fully saturated rings. The van der Waals surface area contributed by atoms with Crippen molar-refractivity contribution < 1.29 is 28.2 Å². The molecule has 0 saturated heterocycles. The van der Waals surface area contributed by atoms with Crippen molar-refractivity contribution in [1.29, 1.82) is 5.26 Å². The molecule has 2 aromatic rings. The SMILES string of the molecule is COC(=O)c1c(C)oc(NC(=O)c2ccc3c(c2)OCO3)c1C#N. The number of ether oxygens (including phenoxy) is 3. The van der Waals surface area contributed by atoms with Gasteiger partial charge in [-0.15, -0.1) is 0 Å². The lowest BCUT2D eigenvalue weighted by Gasteiger charge is -2.04. The number of methoxy groups -OCH3 is 1. The first-order chi connectivity index (χ1) is 11.5. The number of hydrogen-bond acceptors (Lipinski definition) is 7. The van der Waals surface area contributed by atoms with Crippen molar-refractivity contribution in [2.45, 2.75) is 6.92 Å². The maximum Gasteiger partial charge on any atom is 0.342 e. The van der Waals surface area contributed by atoms with E-state index >= 15 is 0 Å². The minimum atomic E-state index is -0.712. The van der Waals surface area contributed by atoms with E-state index in [-0.39, 0.29) is 35.1 Å². The predicted molar refractivity (Wildman–Crippen MR) is 80.0 cm³/mol. The van der Waals surface area contributed by atoms with E-state index in [1.807, 2.05) is 6.07 Å². The van der Waals surface area contributed by atoms with Crippen LogP contribution >= 0.6 is 0 Å². The van der Waals surface area contributed by atoms with Gasteiger partial charge in [0.05, 0.1) is 7.11 Å². The van der Waals surface area contributed by atoms with Crippen LogP contribution < -0.4 is 14.8 Å². The minimum Gasteiger partial charge on any atom is -0.465 e. The molecule has 1 amide bonds. The van der Waals surface area contributed by atoms with Crippen LogP contribution in [-0.4, -0.2) is 25.8 Å². The second-order valence-electron chi connectivity index (χ2n) is 4.86. The number of anilines is 1. The van der Waals surface area contributed by atoms with E-state index in [1.54, 1.807) is 12.1 Å². The van der Waals surface area contributed by atoms with Crippen LogP contribution in [0, 0.1) is 18.3 Å². The van der Waals surface area contributed by atoms with E-state index < -0.39 is 11.9 Å². The number of nitriles is 1. The molecule has 0 aliphatic carbocycles. The van der Waals surface area contributed by atoms with Gasteiger partial charge < -0.3 is 18.6 Å². The highest BCUT2D eigenvalue weighted by atomic mass is 16.7. The van der Waals surface area contributed by atoms with Crippen molar-refractivity contribution in [2.75, 3.05) is 19.2 Å². The summed E-state index contributed by atoms with van der Waals surface area (Å²) >= 11 is 0. The van der Waals surface area contributed by atoms with Gasteiger partial charge >= 0.3 is 5.97 Å². The summed E-state index contributed by atoms with van der Waals surface area (Å²) in [5, 5.41) is 11.7. The third-order valence-electron chi connectivity index (χ3n) is 3.45. The Bertz CT molecular complexity index is 877. The van der Waals surface area contributed by atoms with Crippen LogP contribution in [-0.2, 0) is 4.74 Å². The van der Waals surface area contributed by atoms with Crippen molar-refractivity contribution >= 4 is 17.8 Å². The number of carbonyl (C=O) groups excluding carboxylic acids is 2. The fourth-order valence-electron chi connectivity index (χ4n) is 2.30. The molecule has 1 aliphatic heterocycles. The smallest absolute Gasteiger partial charge is 0.342 e. The summed E-state index contributed by atoms with van der Waals surface area (Å²) in [5.74, 6) is -0.163. The topological polar surface area (TPSA) is 111 Å². The standard InChI is InChI=1S/C16H12N2O6/c1-8-13(16(20)21-2)10(6-17)15(24-8)18-14(19)9-3-4-11-12(5-9)23-7-22-11/h3-5H,7H2,1-2H3,(H,18,19). The summed E-state index contributed by atoms with van der Waals surface area (Å²) in [6.45, 7) is 1.60. The van der Waals surface area contributed by atoms with E-state index in [9.17, 15) is 14.9 Å². The van der Waals surface area contributed by atoms with Crippen LogP contribution in [0.5, 0.6) is 11.5 Å². The van der Waals surface area contributed by atoms with E-state index in [0.717, 1.165) is 0 Å². The van der Waals surface area contributed by atoms with Crippen LogP contribution in [0.2, 0.25) is 0 Å². The number of furan rings is 1. The quantitative estimate of drug-likeness (QED) is 0.860. The number of esters is 1. The van der Waals surface area contributed by atoms with Crippen molar-refractivity contribution in [3.05, 3.63) is 40.6 Å². The molecule has 122 valence electrons. The highest BCUT2D eigenvalue weighted by molar-refractivity contribution is 6.06. The molecule has 0 atom stereocenters. The summed E-state index contributed by atoms with van der Waals surface area (Å²) in [6.07, 6.45) is 0. The van der Waals surface area contributed by atoms with Crippen molar-refractivity contribution in [3.8, 4) is 17.6 Å². The third kappa shape index (κ3) is 2.52. The first-order valence-corrected chi connectivity index (χ1v) is 6.88. The highest BCUT2D eigenvalue weighted by Gasteiger charge is 2.26. The van der Waals surface area contributed by atoms with E-state index in [2.05, 4.69) is 10.1 Å². The Kier molecular flexibility index (Phi) is 3.83. The Labute approximate surface area is 136 Å². The fraction of sp³-hybridized carbons (Fsp3) is 0.188. The Morgan fingerprint density at radius 2 is 2.04 bits per heavy atom. The van der Waals surface area contributed by atoms with Crippen LogP contribution in [0.25, 0.3) is 0 Å². The molecule has 1 aliphatic rings. The molecule has 8 heteroatoms. The van der Waals surface area contributed by atoms with Gasteiger partial charge in [-0.1, -0.05) is 0 Å². The molecule has 0 radical (unpaired) electrons. The van der Waals surface area contributed by atoms with Gasteiger partial charge in [0.1, 0.15) is 23.0 Å². The second kappa shape index (κ2) is 5.96. The van der Waals surface area contributed by atoms with Crippen LogP contribution in [0.3, 0.4) is 0 Å². The first kappa shape index (κ1) is 15.4. The lowest BCUT2D eigenvalue weighted by atomic mass is 10.1. The third-order valence-corrected chi connectivity index (χ3v) is 3.45. The van der Waals surface area contributed by atoms with E-state index in [0.29, 0.717) is 11.5 Å². The average molecular weight is 328 g/mol. The molecule has 0 saturated carbocycles. The monoisotopic (exact) mass is 328 g/mol. The molecular weight excluding hydrogens is 316 g/mol. The number of nitrogens with zero attached hydrogens (tertiary/aromatic N) is 1. The van der Waals surface area contributed by atoms with Crippen molar-refractivity contribution in [2.24, 2.45) is 0 Å². The van der Waals surface area contributed by atoms with Gasteiger partial charge in [-0.2, -0.15) is 5.26 Å². The summed E-state index contributed by atoms with van der Waals surface area (Å²) < 4.78 is 20.3. The number of amides is 1. The van der Waals surface area contributed by atoms with Gasteiger partial charge in [-0.05, 0) is 25.1 Å².